The maximum Gasteiger partial charge on any atom is 0.147 e. The van der Waals surface area contributed by atoms with Crippen molar-refractivity contribution in [2.45, 2.75) is 19.9 Å². The van der Waals surface area contributed by atoms with E-state index in [1.165, 1.54) is 6.07 Å². The van der Waals surface area contributed by atoms with Crippen LogP contribution in [-0.4, -0.2) is 17.7 Å². The van der Waals surface area contributed by atoms with E-state index in [0.29, 0.717) is 6.04 Å². The number of hydrogen-bond acceptors (Lipinski definition) is 1. The van der Waals surface area contributed by atoms with Gasteiger partial charge in [-0.05, 0) is 12.1 Å². The molecule has 0 radical (unpaired) electrons. The number of nitrogens with one attached hydrogen (secondary N) is 1. The Morgan fingerprint density at radius 1 is 1.25 bits per heavy atom. The van der Waals surface area contributed by atoms with Gasteiger partial charge in [-0.2, -0.15) is 0 Å². The molecule has 1 fully saturated rings. The normalized spacial score (nSPS) is 15.4. The van der Waals surface area contributed by atoms with Crippen LogP contribution in [-0.2, 0) is 0 Å². The minimum Gasteiger partial charge on any atom is -0.339 e. The average molecular weight is 220 g/mol. The first-order chi connectivity index (χ1) is 7.86. The lowest BCUT2D eigenvalue weighted by Gasteiger charge is -2.29. The van der Waals surface area contributed by atoms with E-state index in [4.69, 9.17) is 0 Å². The number of benzene rings is 1. The van der Waals surface area contributed by atoms with Gasteiger partial charge in [0, 0.05) is 24.7 Å². The molecule has 3 rings (SSSR count). The molecule has 0 unspecified atom stereocenters. The van der Waals surface area contributed by atoms with Gasteiger partial charge in [0.25, 0.3) is 0 Å². The lowest BCUT2D eigenvalue weighted by Crippen LogP contribution is -2.43. The van der Waals surface area contributed by atoms with Crippen molar-refractivity contribution >= 4 is 10.9 Å². The highest BCUT2D eigenvalue weighted by Crippen LogP contribution is 2.24. The Morgan fingerprint density at radius 2 is 2.00 bits per heavy atom. The summed E-state index contributed by atoms with van der Waals surface area (Å²) < 4.78 is 15.6. The molecule has 0 amide bonds. The summed E-state index contributed by atoms with van der Waals surface area (Å²) in [4.78, 5) is 0. The maximum atomic E-state index is 13.6. The van der Waals surface area contributed by atoms with E-state index in [1.54, 1.807) is 6.07 Å². The van der Waals surface area contributed by atoms with E-state index >= 15 is 0 Å². The van der Waals surface area contributed by atoms with Gasteiger partial charge < -0.3 is 9.88 Å². The topological polar surface area (TPSA) is 17.0 Å². The lowest BCUT2D eigenvalue weighted by atomic mass is 10.1. The van der Waals surface area contributed by atoms with Gasteiger partial charge in [0.15, 0.2) is 0 Å². The third-order valence-corrected chi connectivity index (χ3v) is 2.84. The Hall–Kier alpha value is -1.35. The van der Waals surface area contributed by atoms with Crippen molar-refractivity contribution in [1.29, 1.82) is 0 Å². The molecule has 86 valence electrons. The number of rotatable bonds is 1. The molecule has 1 aliphatic heterocycles. The van der Waals surface area contributed by atoms with E-state index < -0.39 is 0 Å². The van der Waals surface area contributed by atoms with Crippen LogP contribution in [0, 0.1) is 5.82 Å². The first kappa shape index (κ1) is 11.1. The second kappa shape index (κ2) is 4.66. The summed E-state index contributed by atoms with van der Waals surface area (Å²) in [5.74, 6) is -0.126. The second-order valence-corrected chi connectivity index (χ2v) is 3.71. The zero-order chi connectivity index (χ0) is 11.5. The average Bonchev–Trinajstić information content (AvgIpc) is 2.64. The molecule has 1 aromatic heterocycles. The molecule has 2 nitrogen and oxygen atoms in total. The predicted octanol–water partition coefficient (Wildman–Crippen LogP) is 2.95. The molecule has 0 spiro atoms. The third-order valence-electron chi connectivity index (χ3n) is 2.84. The molecule has 0 aliphatic carbocycles. The molecule has 2 aromatic rings. The molecule has 0 bridgehead atoms. The van der Waals surface area contributed by atoms with Gasteiger partial charge in [-0.3, -0.25) is 0 Å². The highest BCUT2D eigenvalue weighted by Gasteiger charge is 2.20. The molecule has 1 saturated heterocycles. The minimum absolute atomic E-state index is 0.126. The first-order valence-corrected chi connectivity index (χ1v) is 5.82. The smallest absolute Gasteiger partial charge is 0.147 e. The van der Waals surface area contributed by atoms with Crippen LogP contribution in [0.15, 0.2) is 30.5 Å². The van der Waals surface area contributed by atoms with Gasteiger partial charge in [-0.25, -0.2) is 4.39 Å². The summed E-state index contributed by atoms with van der Waals surface area (Å²) in [6.45, 7) is 5.89. The third kappa shape index (κ3) is 1.71. The SMILES string of the molecule is CC.Fc1cccc2ccn(C3CNC3)c12. The number of fused-ring (bicyclic) bond motifs is 1. The van der Waals surface area contributed by atoms with Crippen LogP contribution in [0.1, 0.15) is 19.9 Å². The first-order valence-electron chi connectivity index (χ1n) is 5.82. The van der Waals surface area contributed by atoms with E-state index in [2.05, 4.69) is 5.32 Å². The maximum absolute atomic E-state index is 13.6. The molecule has 3 heteroatoms. The molecular formula is C13H17FN2. The molecule has 2 heterocycles. The van der Waals surface area contributed by atoms with Gasteiger partial charge in [-0.1, -0.05) is 26.0 Å². The monoisotopic (exact) mass is 220 g/mol. The van der Waals surface area contributed by atoms with E-state index in [9.17, 15) is 4.39 Å². The van der Waals surface area contributed by atoms with Crippen molar-refractivity contribution in [3.63, 3.8) is 0 Å². The zero-order valence-electron chi connectivity index (χ0n) is 9.70. The van der Waals surface area contributed by atoms with E-state index in [-0.39, 0.29) is 5.82 Å². The number of aromatic nitrogens is 1. The molecule has 1 N–H and O–H groups in total. The number of nitrogens with zero attached hydrogens (tertiary/aromatic N) is 1. The standard InChI is InChI=1S/C11H11FN2.C2H6/c12-10-3-1-2-8-4-5-14(11(8)10)9-6-13-7-9;1-2/h1-5,9,13H,6-7H2;1-2H3. The summed E-state index contributed by atoms with van der Waals surface area (Å²) in [7, 11) is 0. The Morgan fingerprint density at radius 3 is 2.62 bits per heavy atom. The fourth-order valence-electron chi connectivity index (χ4n) is 1.95. The van der Waals surface area contributed by atoms with Crippen LogP contribution >= 0.6 is 0 Å². The van der Waals surface area contributed by atoms with Crippen LogP contribution in [0.3, 0.4) is 0 Å². The van der Waals surface area contributed by atoms with E-state index in [1.807, 2.05) is 36.7 Å². The van der Waals surface area contributed by atoms with Crippen molar-refractivity contribution in [3.05, 3.63) is 36.3 Å². The summed E-state index contributed by atoms with van der Waals surface area (Å²) in [6.07, 6.45) is 1.97. The van der Waals surface area contributed by atoms with Crippen LogP contribution in [0.4, 0.5) is 4.39 Å². The zero-order valence-corrected chi connectivity index (χ0v) is 9.70. The van der Waals surface area contributed by atoms with Crippen molar-refractivity contribution in [3.8, 4) is 0 Å². The van der Waals surface area contributed by atoms with Gasteiger partial charge in [-0.15, -0.1) is 0 Å². The van der Waals surface area contributed by atoms with Crippen LogP contribution in [0.2, 0.25) is 0 Å². The summed E-state index contributed by atoms with van der Waals surface area (Å²) in [5, 5.41) is 4.17. The Kier molecular flexibility index (Phi) is 3.25. The van der Waals surface area contributed by atoms with Crippen molar-refractivity contribution in [2.24, 2.45) is 0 Å². The molecular weight excluding hydrogens is 203 g/mol. The minimum atomic E-state index is -0.126. The predicted molar refractivity (Wildman–Crippen MR) is 65.2 cm³/mol. The highest BCUT2D eigenvalue weighted by atomic mass is 19.1. The molecule has 16 heavy (non-hydrogen) atoms. The van der Waals surface area contributed by atoms with Crippen molar-refractivity contribution < 1.29 is 4.39 Å². The number of hydrogen-bond donors (Lipinski definition) is 1. The lowest BCUT2D eigenvalue weighted by molar-refractivity contribution is 0.350. The Balaban J connectivity index is 0.000000457. The van der Waals surface area contributed by atoms with Gasteiger partial charge in [0.05, 0.1) is 11.6 Å². The van der Waals surface area contributed by atoms with Crippen molar-refractivity contribution in [1.82, 2.24) is 9.88 Å². The fraction of sp³-hybridized carbons (Fsp3) is 0.385. The van der Waals surface area contributed by atoms with Gasteiger partial charge in [0.2, 0.25) is 0 Å². The van der Waals surface area contributed by atoms with Crippen molar-refractivity contribution in [2.75, 3.05) is 13.1 Å². The van der Waals surface area contributed by atoms with Gasteiger partial charge in [0.1, 0.15) is 5.82 Å². The highest BCUT2D eigenvalue weighted by molar-refractivity contribution is 5.80. The van der Waals surface area contributed by atoms with Crippen LogP contribution in [0.5, 0.6) is 0 Å². The second-order valence-electron chi connectivity index (χ2n) is 3.71. The summed E-state index contributed by atoms with van der Waals surface area (Å²) >= 11 is 0. The number of halogens is 1. The largest absolute Gasteiger partial charge is 0.339 e. The van der Waals surface area contributed by atoms with Gasteiger partial charge >= 0.3 is 0 Å². The van der Waals surface area contributed by atoms with Crippen LogP contribution < -0.4 is 5.32 Å². The summed E-state index contributed by atoms with van der Waals surface area (Å²) in [6, 6.07) is 7.60. The quantitative estimate of drug-likeness (QED) is 0.782. The fourth-order valence-corrected chi connectivity index (χ4v) is 1.95. The Bertz CT molecular complexity index is 472. The summed E-state index contributed by atoms with van der Waals surface area (Å²) in [5.41, 5.74) is 0.735. The van der Waals surface area contributed by atoms with E-state index in [0.717, 1.165) is 24.0 Å². The molecule has 1 aliphatic rings. The number of para-hydroxylation sites is 1. The van der Waals surface area contributed by atoms with Crippen LogP contribution in [0.25, 0.3) is 10.9 Å². The molecule has 0 saturated carbocycles. The molecule has 0 atom stereocenters. The molecule has 1 aromatic carbocycles. The Labute approximate surface area is 95.1 Å².